The van der Waals surface area contributed by atoms with Gasteiger partial charge in [0.2, 0.25) is 0 Å². The molecule has 4 nitrogen and oxygen atoms in total. The summed E-state index contributed by atoms with van der Waals surface area (Å²) >= 11 is 1.97. The van der Waals surface area contributed by atoms with E-state index in [-0.39, 0.29) is 5.91 Å². The Labute approximate surface area is 112 Å². The molecule has 0 aromatic carbocycles. The molecule has 1 unspecified atom stereocenters. The maximum Gasteiger partial charge on any atom is 0.253 e. The van der Waals surface area contributed by atoms with Crippen LogP contribution in [-0.2, 0) is 0 Å². The van der Waals surface area contributed by atoms with Crippen LogP contribution in [0.1, 0.15) is 29.6 Å². The summed E-state index contributed by atoms with van der Waals surface area (Å²) in [5.74, 6) is 1.20. The number of hydrogen-bond acceptors (Lipinski definition) is 4. The topological polar surface area (TPSA) is 54.0 Å². The number of thioether (sulfide) groups is 1. The minimum atomic E-state index is -0.0204. The fourth-order valence-electron chi connectivity index (χ4n) is 2.06. The summed E-state index contributed by atoms with van der Waals surface area (Å²) in [5, 5.41) is 6.57. The number of hydrogen-bond donors (Lipinski definition) is 2. The van der Waals surface area contributed by atoms with Gasteiger partial charge >= 0.3 is 0 Å². The van der Waals surface area contributed by atoms with Gasteiger partial charge in [-0.25, -0.2) is 0 Å². The Morgan fingerprint density at radius 2 is 2.44 bits per heavy atom. The van der Waals surface area contributed by atoms with E-state index in [1.165, 1.54) is 25.0 Å². The van der Waals surface area contributed by atoms with Gasteiger partial charge in [-0.1, -0.05) is 6.42 Å². The number of anilines is 1. The second-order valence-corrected chi connectivity index (χ2v) is 5.78. The fourth-order valence-corrected chi connectivity index (χ4v) is 3.30. The quantitative estimate of drug-likeness (QED) is 0.876. The number of pyridine rings is 1. The average molecular weight is 265 g/mol. The minimum Gasteiger partial charge on any atom is -0.386 e. The normalized spacial score (nSPS) is 19.3. The van der Waals surface area contributed by atoms with Gasteiger partial charge in [-0.2, -0.15) is 11.8 Å². The van der Waals surface area contributed by atoms with Crippen LogP contribution in [-0.4, -0.2) is 35.5 Å². The summed E-state index contributed by atoms with van der Waals surface area (Å²) < 4.78 is 0. The monoisotopic (exact) mass is 265 g/mol. The molecular weight excluding hydrogens is 246 g/mol. The van der Waals surface area contributed by atoms with E-state index in [9.17, 15) is 4.79 Å². The molecule has 1 fully saturated rings. The van der Waals surface area contributed by atoms with Crippen molar-refractivity contribution in [3.05, 3.63) is 24.0 Å². The van der Waals surface area contributed by atoms with Crippen molar-refractivity contribution < 1.29 is 4.79 Å². The lowest BCUT2D eigenvalue weighted by Crippen LogP contribution is -2.32. The van der Waals surface area contributed by atoms with Crippen molar-refractivity contribution in [2.45, 2.75) is 24.5 Å². The van der Waals surface area contributed by atoms with Crippen LogP contribution < -0.4 is 10.6 Å². The largest absolute Gasteiger partial charge is 0.386 e. The molecule has 1 aliphatic rings. The fraction of sp³-hybridized carbons (Fsp3) is 0.538. The molecule has 0 spiro atoms. The first-order valence-corrected chi connectivity index (χ1v) is 7.37. The molecule has 5 heteroatoms. The predicted molar refractivity (Wildman–Crippen MR) is 76.2 cm³/mol. The Balaban J connectivity index is 1.90. The predicted octanol–water partition coefficient (Wildman–Crippen LogP) is 2.14. The van der Waals surface area contributed by atoms with E-state index < -0.39 is 0 Å². The molecule has 98 valence electrons. The van der Waals surface area contributed by atoms with E-state index in [1.54, 1.807) is 25.5 Å². The summed E-state index contributed by atoms with van der Waals surface area (Å²) in [7, 11) is 1.80. The summed E-state index contributed by atoms with van der Waals surface area (Å²) in [6.07, 6.45) is 7.11. The minimum absolute atomic E-state index is 0.0204. The summed E-state index contributed by atoms with van der Waals surface area (Å²) in [6, 6.07) is 1.75. The number of nitrogens with zero attached hydrogens (tertiary/aromatic N) is 1. The second kappa shape index (κ2) is 6.64. The SMILES string of the molecule is CNc1cnccc1C(=O)NCC1CCCCS1. The Hall–Kier alpha value is -1.23. The van der Waals surface area contributed by atoms with E-state index >= 15 is 0 Å². The highest BCUT2D eigenvalue weighted by molar-refractivity contribution is 7.99. The van der Waals surface area contributed by atoms with Crippen molar-refractivity contribution in [3.8, 4) is 0 Å². The van der Waals surface area contributed by atoms with E-state index in [2.05, 4.69) is 15.6 Å². The van der Waals surface area contributed by atoms with Crippen LogP contribution in [0.3, 0.4) is 0 Å². The highest BCUT2D eigenvalue weighted by Gasteiger charge is 2.16. The van der Waals surface area contributed by atoms with Gasteiger partial charge in [0.05, 0.1) is 17.4 Å². The molecule has 2 N–H and O–H groups in total. The number of rotatable bonds is 4. The smallest absolute Gasteiger partial charge is 0.253 e. The highest BCUT2D eigenvalue weighted by atomic mass is 32.2. The Kier molecular flexibility index (Phi) is 4.87. The lowest BCUT2D eigenvalue weighted by atomic mass is 10.1. The molecule has 1 aromatic rings. The molecule has 0 bridgehead atoms. The zero-order valence-electron chi connectivity index (χ0n) is 10.6. The first-order chi connectivity index (χ1) is 8.81. The summed E-state index contributed by atoms with van der Waals surface area (Å²) in [4.78, 5) is 16.1. The molecule has 1 saturated heterocycles. The maximum absolute atomic E-state index is 12.1. The molecule has 1 atom stereocenters. The van der Waals surface area contributed by atoms with Gasteiger partial charge in [0.1, 0.15) is 0 Å². The number of amides is 1. The maximum atomic E-state index is 12.1. The average Bonchev–Trinajstić information content (AvgIpc) is 2.45. The molecule has 2 rings (SSSR count). The number of carbonyl (C=O) groups is 1. The van der Waals surface area contributed by atoms with Crippen LogP contribution in [0.2, 0.25) is 0 Å². The molecule has 1 aromatic heterocycles. The zero-order valence-corrected chi connectivity index (χ0v) is 11.4. The van der Waals surface area contributed by atoms with Gasteiger partial charge < -0.3 is 10.6 Å². The highest BCUT2D eigenvalue weighted by Crippen LogP contribution is 2.24. The molecule has 2 heterocycles. The Morgan fingerprint density at radius 3 is 3.17 bits per heavy atom. The molecule has 0 saturated carbocycles. The molecular formula is C13H19N3OS. The van der Waals surface area contributed by atoms with Gasteiger partial charge in [0.25, 0.3) is 5.91 Å². The van der Waals surface area contributed by atoms with Crippen LogP contribution in [0.25, 0.3) is 0 Å². The van der Waals surface area contributed by atoms with E-state index in [0.717, 1.165) is 12.2 Å². The van der Waals surface area contributed by atoms with Crippen molar-refractivity contribution in [2.24, 2.45) is 0 Å². The van der Waals surface area contributed by atoms with Crippen LogP contribution in [0.4, 0.5) is 5.69 Å². The van der Waals surface area contributed by atoms with E-state index in [1.807, 2.05) is 11.8 Å². The van der Waals surface area contributed by atoms with Crippen LogP contribution in [0.5, 0.6) is 0 Å². The second-order valence-electron chi connectivity index (χ2n) is 4.37. The molecule has 0 radical (unpaired) electrons. The van der Waals surface area contributed by atoms with Crippen LogP contribution in [0.15, 0.2) is 18.5 Å². The van der Waals surface area contributed by atoms with Gasteiger partial charge in [-0.3, -0.25) is 9.78 Å². The van der Waals surface area contributed by atoms with Crippen molar-refractivity contribution in [3.63, 3.8) is 0 Å². The summed E-state index contributed by atoms with van der Waals surface area (Å²) in [5.41, 5.74) is 1.43. The number of carbonyl (C=O) groups excluding carboxylic acids is 1. The molecule has 18 heavy (non-hydrogen) atoms. The van der Waals surface area contributed by atoms with Crippen molar-refractivity contribution >= 4 is 23.4 Å². The lowest BCUT2D eigenvalue weighted by Gasteiger charge is -2.21. The lowest BCUT2D eigenvalue weighted by molar-refractivity contribution is 0.0954. The third-order valence-electron chi connectivity index (χ3n) is 3.10. The first-order valence-electron chi connectivity index (χ1n) is 6.33. The van der Waals surface area contributed by atoms with Gasteiger partial charge in [0.15, 0.2) is 0 Å². The third kappa shape index (κ3) is 3.38. The van der Waals surface area contributed by atoms with Gasteiger partial charge in [-0.05, 0) is 24.7 Å². The van der Waals surface area contributed by atoms with Crippen molar-refractivity contribution in [1.29, 1.82) is 0 Å². The Bertz CT molecular complexity index is 405. The van der Waals surface area contributed by atoms with E-state index in [4.69, 9.17) is 0 Å². The first kappa shape index (κ1) is 13.2. The molecule has 1 aliphatic heterocycles. The van der Waals surface area contributed by atoms with Crippen molar-refractivity contribution in [1.82, 2.24) is 10.3 Å². The van der Waals surface area contributed by atoms with Crippen molar-refractivity contribution in [2.75, 3.05) is 24.7 Å². The third-order valence-corrected chi connectivity index (χ3v) is 4.50. The van der Waals surface area contributed by atoms with E-state index in [0.29, 0.717) is 10.8 Å². The Morgan fingerprint density at radius 1 is 1.56 bits per heavy atom. The van der Waals surface area contributed by atoms with Gasteiger partial charge in [0, 0.05) is 25.0 Å². The molecule has 0 aliphatic carbocycles. The zero-order chi connectivity index (χ0) is 12.8. The van der Waals surface area contributed by atoms with Gasteiger partial charge in [-0.15, -0.1) is 0 Å². The number of nitrogens with one attached hydrogen (secondary N) is 2. The standard InChI is InChI=1S/C13H19N3OS/c1-14-12-9-15-6-5-11(12)13(17)16-8-10-4-2-3-7-18-10/h5-6,9-10,14H,2-4,7-8H2,1H3,(H,16,17). The van der Waals surface area contributed by atoms with Crippen LogP contribution >= 0.6 is 11.8 Å². The van der Waals surface area contributed by atoms with Crippen LogP contribution in [0, 0.1) is 0 Å². The number of aromatic nitrogens is 1. The molecule has 1 amide bonds. The summed E-state index contributed by atoms with van der Waals surface area (Å²) in [6.45, 7) is 0.759.